The Kier molecular flexibility index (Phi) is 2.75. The van der Waals surface area contributed by atoms with Gasteiger partial charge >= 0.3 is 0 Å². The molecule has 0 spiro atoms. The maximum atomic E-state index is 11.4. The van der Waals surface area contributed by atoms with E-state index in [1.807, 2.05) is 0 Å². The molecule has 5 heteroatoms. The van der Waals surface area contributed by atoms with Crippen molar-refractivity contribution in [2.24, 2.45) is 0 Å². The smallest absolute Gasteiger partial charge is 0.158 e. The first-order valence-corrected chi connectivity index (χ1v) is 5.77. The fraction of sp³-hybridized carbons (Fsp3) is 0.625. The van der Waals surface area contributed by atoms with Gasteiger partial charge in [-0.15, -0.1) is 0 Å². The summed E-state index contributed by atoms with van der Waals surface area (Å²) in [5.41, 5.74) is 0.478. The topological polar surface area (TPSA) is 60.2 Å². The van der Waals surface area contributed by atoms with Gasteiger partial charge in [0.15, 0.2) is 9.84 Å². The third-order valence-corrected chi connectivity index (χ3v) is 3.88. The lowest BCUT2D eigenvalue weighted by atomic mass is 10.4. The zero-order valence-corrected chi connectivity index (χ0v) is 8.76. The molecule has 0 saturated carbocycles. The lowest BCUT2D eigenvalue weighted by molar-refractivity contribution is 0.392. The molecule has 0 saturated heterocycles. The molecule has 0 amide bonds. The van der Waals surface area contributed by atoms with Gasteiger partial charge < -0.3 is 4.52 Å². The number of rotatable bonds is 3. The van der Waals surface area contributed by atoms with E-state index in [9.17, 15) is 8.42 Å². The lowest BCUT2D eigenvalue weighted by Crippen LogP contribution is -2.16. The van der Waals surface area contributed by atoms with Crippen LogP contribution in [-0.4, -0.2) is 18.8 Å². The summed E-state index contributed by atoms with van der Waals surface area (Å²) in [6.07, 6.45) is 0. The Morgan fingerprint density at radius 1 is 1.54 bits per heavy atom. The van der Waals surface area contributed by atoms with Crippen LogP contribution in [0.5, 0.6) is 0 Å². The molecule has 1 aromatic heterocycles. The van der Waals surface area contributed by atoms with Crippen LogP contribution in [0.3, 0.4) is 0 Å². The summed E-state index contributed by atoms with van der Waals surface area (Å²) in [5, 5.41) is 3.26. The van der Waals surface area contributed by atoms with Crippen molar-refractivity contribution >= 4 is 9.84 Å². The van der Waals surface area contributed by atoms with Gasteiger partial charge in [0, 0.05) is 6.07 Å². The zero-order valence-electron chi connectivity index (χ0n) is 7.94. The van der Waals surface area contributed by atoms with E-state index in [2.05, 4.69) is 5.16 Å². The average molecular weight is 203 g/mol. The van der Waals surface area contributed by atoms with Crippen molar-refractivity contribution in [2.75, 3.05) is 0 Å². The number of sulfone groups is 1. The van der Waals surface area contributed by atoms with E-state index >= 15 is 0 Å². The molecule has 0 aliphatic rings. The second-order valence-electron chi connectivity index (χ2n) is 3.28. The van der Waals surface area contributed by atoms with Crippen LogP contribution in [0.4, 0.5) is 0 Å². The minimum Gasteiger partial charge on any atom is -0.361 e. The second kappa shape index (κ2) is 3.49. The highest BCUT2D eigenvalue weighted by atomic mass is 32.2. The Morgan fingerprint density at radius 3 is 2.54 bits per heavy atom. The maximum Gasteiger partial charge on any atom is 0.158 e. The molecule has 1 rings (SSSR count). The SMILES string of the molecule is Cc1cc(CS(=O)(=O)C(C)C)no1. The van der Waals surface area contributed by atoms with Gasteiger partial charge in [-0.05, 0) is 20.8 Å². The molecule has 0 radical (unpaired) electrons. The van der Waals surface area contributed by atoms with Gasteiger partial charge in [0.2, 0.25) is 0 Å². The summed E-state index contributed by atoms with van der Waals surface area (Å²) in [6.45, 7) is 5.04. The first-order chi connectivity index (χ1) is 5.92. The zero-order chi connectivity index (χ0) is 10.1. The Bertz CT molecular complexity index is 378. The maximum absolute atomic E-state index is 11.4. The summed E-state index contributed by atoms with van der Waals surface area (Å²) in [7, 11) is -3.06. The number of aromatic nitrogens is 1. The predicted molar refractivity (Wildman–Crippen MR) is 49.0 cm³/mol. The van der Waals surface area contributed by atoms with E-state index in [0.717, 1.165) is 0 Å². The normalized spacial score (nSPS) is 12.3. The van der Waals surface area contributed by atoms with Gasteiger partial charge in [-0.2, -0.15) is 0 Å². The largest absolute Gasteiger partial charge is 0.361 e. The number of aryl methyl sites for hydroxylation is 1. The van der Waals surface area contributed by atoms with E-state index < -0.39 is 9.84 Å². The van der Waals surface area contributed by atoms with Gasteiger partial charge in [0.25, 0.3) is 0 Å². The van der Waals surface area contributed by atoms with Crippen molar-refractivity contribution in [3.05, 3.63) is 17.5 Å². The van der Waals surface area contributed by atoms with E-state index in [4.69, 9.17) is 4.52 Å². The first-order valence-electron chi connectivity index (χ1n) is 4.05. The minimum absolute atomic E-state index is 0.0397. The Balaban J connectivity index is 2.81. The molecule has 0 atom stereocenters. The Labute approximate surface area is 77.8 Å². The highest BCUT2D eigenvalue weighted by Crippen LogP contribution is 2.10. The average Bonchev–Trinajstić information content (AvgIpc) is 2.34. The Hall–Kier alpha value is -0.840. The number of hydrogen-bond acceptors (Lipinski definition) is 4. The molecule has 13 heavy (non-hydrogen) atoms. The molecule has 0 aromatic carbocycles. The molecule has 0 N–H and O–H groups in total. The molecular weight excluding hydrogens is 190 g/mol. The molecule has 4 nitrogen and oxygen atoms in total. The lowest BCUT2D eigenvalue weighted by Gasteiger charge is -2.03. The molecule has 1 aromatic rings. The van der Waals surface area contributed by atoms with Crippen molar-refractivity contribution in [1.29, 1.82) is 0 Å². The van der Waals surface area contributed by atoms with Crippen molar-refractivity contribution in [2.45, 2.75) is 31.8 Å². The quantitative estimate of drug-likeness (QED) is 0.743. The molecule has 74 valence electrons. The highest BCUT2D eigenvalue weighted by molar-refractivity contribution is 7.91. The summed E-state index contributed by atoms with van der Waals surface area (Å²) in [6, 6.07) is 1.64. The van der Waals surface area contributed by atoms with Gasteiger partial charge in [-0.25, -0.2) is 8.42 Å². The first kappa shape index (κ1) is 10.2. The van der Waals surface area contributed by atoms with Gasteiger partial charge in [0.05, 0.1) is 16.7 Å². The van der Waals surface area contributed by atoms with Gasteiger partial charge in [-0.3, -0.25) is 0 Å². The highest BCUT2D eigenvalue weighted by Gasteiger charge is 2.18. The van der Waals surface area contributed by atoms with E-state index in [1.54, 1.807) is 26.8 Å². The third kappa shape index (κ3) is 2.55. The third-order valence-electron chi connectivity index (χ3n) is 1.74. The second-order valence-corrected chi connectivity index (χ2v) is 5.84. The summed E-state index contributed by atoms with van der Waals surface area (Å²) < 4.78 is 27.6. The van der Waals surface area contributed by atoms with Crippen molar-refractivity contribution in [3.63, 3.8) is 0 Å². The molecular formula is C8H13NO3S. The molecule has 0 unspecified atom stereocenters. The van der Waals surface area contributed by atoms with Crippen LogP contribution in [0.1, 0.15) is 25.3 Å². The van der Waals surface area contributed by atoms with Crippen LogP contribution in [0.15, 0.2) is 10.6 Å². The minimum atomic E-state index is -3.06. The summed E-state index contributed by atoms with van der Waals surface area (Å²) in [4.78, 5) is 0. The van der Waals surface area contributed by atoms with Crippen LogP contribution < -0.4 is 0 Å². The van der Waals surface area contributed by atoms with Crippen LogP contribution in [0, 0.1) is 6.92 Å². The van der Waals surface area contributed by atoms with Crippen LogP contribution in [0.25, 0.3) is 0 Å². The fourth-order valence-electron chi connectivity index (χ4n) is 0.859. The molecule has 1 heterocycles. The molecule has 0 aliphatic carbocycles. The van der Waals surface area contributed by atoms with Crippen LogP contribution in [0.2, 0.25) is 0 Å². The fourth-order valence-corrected chi connectivity index (χ4v) is 1.74. The number of hydrogen-bond donors (Lipinski definition) is 0. The van der Waals surface area contributed by atoms with Crippen molar-refractivity contribution in [1.82, 2.24) is 5.16 Å². The van der Waals surface area contributed by atoms with E-state index in [-0.39, 0.29) is 11.0 Å². The van der Waals surface area contributed by atoms with Gasteiger partial charge in [-0.1, -0.05) is 5.16 Å². The standard InChI is InChI=1S/C8H13NO3S/c1-6(2)13(10,11)5-8-4-7(3)12-9-8/h4,6H,5H2,1-3H3. The summed E-state index contributed by atoms with van der Waals surface area (Å²) in [5.74, 6) is 0.594. The predicted octanol–water partition coefficient (Wildman–Crippen LogP) is 1.31. The number of nitrogens with zero attached hydrogens (tertiary/aromatic N) is 1. The molecule has 0 bridgehead atoms. The van der Waals surface area contributed by atoms with E-state index in [0.29, 0.717) is 11.5 Å². The summed E-state index contributed by atoms with van der Waals surface area (Å²) >= 11 is 0. The van der Waals surface area contributed by atoms with Gasteiger partial charge in [0.1, 0.15) is 5.76 Å². The van der Waals surface area contributed by atoms with Crippen LogP contribution >= 0.6 is 0 Å². The van der Waals surface area contributed by atoms with Crippen molar-refractivity contribution < 1.29 is 12.9 Å². The van der Waals surface area contributed by atoms with Crippen LogP contribution in [-0.2, 0) is 15.6 Å². The molecule has 0 aliphatic heterocycles. The van der Waals surface area contributed by atoms with E-state index in [1.165, 1.54) is 0 Å². The molecule has 0 fully saturated rings. The Morgan fingerprint density at radius 2 is 2.15 bits per heavy atom. The monoisotopic (exact) mass is 203 g/mol. The van der Waals surface area contributed by atoms with Crippen molar-refractivity contribution in [3.8, 4) is 0 Å².